The SMILES string of the molecule is O=c1occ(-c2ccc(CN3CCCCC3)cc2)c2ccccc12. The second-order valence-corrected chi connectivity index (χ2v) is 6.52. The van der Waals surface area contributed by atoms with Gasteiger partial charge in [-0.2, -0.15) is 0 Å². The van der Waals surface area contributed by atoms with Crippen molar-refractivity contribution in [3.63, 3.8) is 0 Å². The molecule has 0 radical (unpaired) electrons. The highest BCUT2D eigenvalue weighted by Crippen LogP contribution is 2.27. The van der Waals surface area contributed by atoms with E-state index < -0.39 is 0 Å². The molecule has 1 aromatic heterocycles. The third-order valence-corrected chi connectivity index (χ3v) is 4.84. The molecule has 0 atom stereocenters. The van der Waals surface area contributed by atoms with Gasteiger partial charge in [0.25, 0.3) is 0 Å². The predicted octanol–water partition coefficient (Wildman–Crippen LogP) is 4.45. The summed E-state index contributed by atoms with van der Waals surface area (Å²) in [5, 5.41) is 1.57. The van der Waals surface area contributed by atoms with E-state index in [9.17, 15) is 4.79 Å². The Kier molecular flexibility index (Phi) is 4.18. The summed E-state index contributed by atoms with van der Waals surface area (Å²) in [7, 11) is 0. The molecule has 0 bridgehead atoms. The Morgan fingerprint density at radius 2 is 1.58 bits per heavy atom. The first-order chi connectivity index (χ1) is 11.8. The van der Waals surface area contributed by atoms with Crippen LogP contribution in [0.4, 0.5) is 0 Å². The minimum atomic E-state index is -0.281. The van der Waals surface area contributed by atoms with Gasteiger partial charge in [-0.05, 0) is 48.5 Å². The Morgan fingerprint density at radius 3 is 2.33 bits per heavy atom. The van der Waals surface area contributed by atoms with E-state index in [0.29, 0.717) is 5.39 Å². The zero-order chi connectivity index (χ0) is 16.4. The largest absolute Gasteiger partial charge is 0.430 e. The van der Waals surface area contributed by atoms with E-state index in [1.807, 2.05) is 24.3 Å². The van der Waals surface area contributed by atoms with Crippen molar-refractivity contribution in [1.29, 1.82) is 0 Å². The molecular weight excluding hydrogens is 298 g/mol. The molecule has 1 saturated heterocycles. The number of benzene rings is 2. The summed E-state index contributed by atoms with van der Waals surface area (Å²) in [6.07, 6.45) is 5.56. The lowest BCUT2D eigenvalue weighted by molar-refractivity contribution is 0.221. The van der Waals surface area contributed by atoms with Crippen LogP contribution in [0.15, 0.2) is 64.0 Å². The fraction of sp³-hybridized carbons (Fsp3) is 0.286. The second-order valence-electron chi connectivity index (χ2n) is 6.52. The number of hydrogen-bond donors (Lipinski definition) is 0. The van der Waals surface area contributed by atoms with Crippen molar-refractivity contribution in [2.45, 2.75) is 25.8 Å². The molecule has 3 aromatic rings. The number of fused-ring (bicyclic) bond motifs is 1. The van der Waals surface area contributed by atoms with E-state index in [-0.39, 0.29) is 5.63 Å². The van der Waals surface area contributed by atoms with Gasteiger partial charge in [0.1, 0.15) is 6.26 Å². The first-order valence-electron chi connectivity index (χ1n) is 8.63. The zero-order valence-electron chi connectivity index (χ0n) is 13.7. The molecule has 1 aliphatic heterocycles. The smallest absolute Gasteiger partial charge is 0.343 e. The fourth-order valence-electron chi connectivity index (χ4n) is 3.52. The van der Waals surface area contributed by atoms with E-state index in [4.69, 9.17) is 4.42 Å². The molecule has 24 heavy (non-hydrogen) atoms. The van der Waals surface area contributed by atoms with Gasteiger partial charge in [0.05, 0.1) is 5.39 Å². The standard InChI is InChI=1S/C21H21NO2/c23-21-19-7-3-2-6-18(19)20(15-24-21)17-10-8-16(9-11-17)14-22-12-4-1-5-13-22/h2-3,6-11,15H,1,4-5,12-14H2. The van der Waals surface area contributed by atoms with Crippen molar-refractivity contribution in [3.8, 4) is 11.1 Å². The molecule has 4 rings (SSSR count). The molecule has 0 N–H and O–H groups in total. The average molecular weight is 319 g/mol. The Bertz CT molecular complexity index is 890. The molecule has 2 aromatic carbocycles. The Morgan fingerprint density at radius 1 is 0.875 bits per heavy atom. The molecular formula is C21H21NO2. The highest BCUT2D eigenvalue weighted by Gasteiger charge is 2.11. The van der Waals surface area contributed by atoms with Gasteiger partial charge in [-0.15, -0.1) is 0 Å². The van der Waals surface area contributed by atoms with E-state index in [1.165, 1.54) is 37.9 Å². The van der Waals surface area contributed by atoms with Crippen LogP contribution in [0.1, 0.15) is 24.8 Å². The van der Waals surface area contributed by atoms with Crippen molar-refractivity contribution in [3.05, 3.63) is 70.8 Å². The molecule has 122 valence electrons. The van der Waals surface area contributed by atoms with Crippen LogP contribution >= 0.6 is 0 Å². The first kappa shape index (κ1) is 15.2. The fourth-order valence-corrected chi connectivity index (χ4v) is 3.52. The maximum atomic E-state index is 11.9. The molecule has 3 heteroatoms. The molecule has 0 aliphatic carbocycles. The maximum Gasteiger partial charge on any atom is 0.343 e. The highest BCUT2D eigenvalue weighted by atomic mass is 16.4. The molecule has 3 nitrogen and oxygen atoms in total. The third-order valence-electron chi connectivity index (χ3n) is 4.84. The van der Waals surface area contributed by atoms with Gasteiger partial charge in [0, 0.05) is 12.1 Å². The zero-order valence-corrected chi connectivity index (χ0v) is 13.7. The van der Waals surface area contributed by atoms with Gasteiger partial charge in [0.15, 0.2) is 0 Å². The van der Waals surface area contributed by atoms with Crippen LogP contribution in [0.25, 0.3) is 21.9 Å². The minimum Gasteiger partial charge on any atom is -0.430 e. The first-order valence-corrected chi connectivity index (χ1v) is 8.63. The van der Waals surface area contributed by atoms with Crippen LogP contribution in [0.3, 0.4) is 0 Å². The number of nitrogens with zero attached hydrogens (tertiary/aromatic N) is 1. The topological polar surface area (TPSA) is 33.5 Å². The van der Waals surface area contributed by atoms with Gasteiger partial charge in [-0.25, -0.2) is 4.79 Å². The summed E-state index contributed by atoms with van der Waals surface area (Å²) < 4.78 is 5.21. The number of likely N-dealkylation sites (tertiary alicyclic amines) is 1. The van der Waals surface area contributed by atoms with Crippen LogP contribution in [0.2, 0.25) is 0 Å². The summed E-state index contributed by atoms with van der Waals surface area (Å²) in [5.74, 6) is 0. The Hall–Kier alpha value is -2.39. The third kappa shape index (κ3) is 3.00. The summed E-state index contributed by atoms with van der Waals surface area (Å²) in [4.78, 5) is 14.4. The number of rotatable bonds is 3. The monoisotopic (exact) mass is 319 g/mol. The average Bonchev–Trinajstić information content (AvgIpc) is 2.64. The Balaban J connectivity index is 1.63. The molecule has 0 amide bonds. The van der Waals surface area contributed by atoms with Crippen LogP contribution in [0.5, 0.6) is 0 Å². The lowest BCUT2D eigenvalue weighted by Gasteiger charge is -2.26. The van der Waals surface area contributed by atoms with Gasteiger partial charge in [0.2, 0.25) is 0 Å². The summed E-state index contributed by atoms with van der Waals surface area (Å²) in [5.41, 5.74) is 3.10. The van der Waals surface area contributed by atoms with Crippen LogP contribution in [0, 0.1) is 0 Å². The quantitative estimate of drug-likeness (QED) is 0.715. The maximum absolute atomic E-state index is 11.9. The lowest BCUT2D eigenvalue weighted by atomic mass is 10.0. The second kappa shape index (κ2) is 6.62. The van der Waals surface area contributed by atoms with E-state index in [0.717, 1.165) is 23.1 Å². The molecule has 0 saturated carbocycles. The lowest BCUT2D eigenvalue weighted by Crippen LogP contribution is -2.28. The Labute approximate surface area is 141 Å². The number of hydrogen-bond acceptors (Lipinski definition) is 3. The van der Waals surface area contributed by atoms with Crippen molar-refractivity contribution < 1.29 is 4.42 Å². The highest BCUT2D eigenvalue weighted by molar-refractivity contribution is 5.95. The van der Waals surface area contributed by atoms with Crippen LogP contribution in [-0.4, -0.2) is 18.0 Å². The van der Waals surface area contributed by atoms with Gasteiger partial charge in [-0.1, -0.05) is 48.9 Å². The van der Waals surface area contributed by atoms with Gasteiger partial charge >= 0.3 is 5.63 Å². The van der Waals surface area contributed by atoms with Crippen molar-refractivity contribution in [2.24, 2.45) is 0 Å². The molecule has 0 spiro atoms. The van der Waals surface area contributed by atoms with Crippen LogP contribution < -0.4 is 5.63 Å². The van der Waals surface area contributed by atoms with E-state index in [1.54, 1.807) is 6.26 Å². The van der Waals surface area contributed by atoms with E-state index in [2.05, 4.69) is 29.2 Å². The molecule has 1 aliphatic rings. The van der Waals surface area contributed by atoms with Gasteiger partial charge in [-0.3, -0.25) is 4.90 Å². The molecule has 1 fully saturated rings. The molecule has 2 heterocycles. The van der Waals surface area contributed by atoms with Crippen LogP contribution in [-0.2, 0) is 6.54 Å². The summed E-state index contributed by atoms with van der Waals surface area (Å²) in [6, 6.07) is 16.2. The number of piperidine rings is 1. The minimum absolute atomic E-state index is 0.281. The van der Waals surface area contributed by atoms with Gasteiger partial charge < -0.3 is 4.42 Å². The predicted molar refractivity (Wildman–Crippen MR) is 97.0 cm³/mol. The van der Waals surface area contributed by atoms with Crippen molar-refractivity contribution >= 4 is 10.8 Å². The molecule has 0 unspecified atom stereocenters. The normalized spacial score (nSPS) is 15.7. The van der Waals surface area contributed by atoms with Crippen molar-refractivity contribution in [1.82, 2.24) is 4.90 Å². The van der Waals surface area contributed by atoms with Crippen molar-refractivity contribution in [2.75, 3.05) is 13.1 Å². The summed E-state index contributed by atoms with van der Waals surface area (Å²) >= 11 is 0. The van der Waals surface area contributed by atoms with E-state index >= 15 is 0 Å². The summed E-state index contributed by atoms with van der Waals surface area (Å²) in [6.45, 7) is 3.43.